The number of carboxylic acids is 1. The van der Waals surface area contributed by atoms with Crippen LogP contribution in [0.2, 0.25) is 0 Å². The van der Waals surface area contributed by atoms with Crippen molar-refractivity contribution in [3.05, 3.63) is 12.2 Å². The second-order valence-electron chi connectivity index (χ2n) is 20.9. The summed E-state index contributed by atoms with van der Waals surface area (Å²) in [6.45, 7) is 19.8. The van der Waals surface area contributed by atoms with Gasteiger partial charge in [0.05, 0.1) is 53.7 Å². The molecule has 13 nitrogen and oxygen atoms in total. The number of ether oxygens (including phenoxy) is 5. The third-order valence-electron chi connectivity index (χ3n) is 16.7. The van der Waals surface area contributed by atoms with E-state index < -0.39 is 76.8 Å². The maximum atomic E-state index is 14.7. The van der Waals surface area contributed by atoms with Crippen molar-refractivity contribution in [3.63, 3.8) is 0 Å². The van der Waals surface area contributed by atoms with Crippen LogP contribution in [0.4, 0.5) is 4.79 Å². The molecule has 5 fully saturated rings. The summed E-state index contributed by atoms with van der Waals surface area (Å²) in [5.41, 5.74) is -1.69. The van der Waals surface area contributed by atoms with E-state index >= 15 is 0 Å². The zero-order valence-corrected chi connectivity index (χ0v) is 39.5. The summed E-state index contributed by atoms with van der Waals surface area (Å²) in [4.78, 5) is 40.4. The van der Waals surface area contributed by atoms with Gasteiger partial charge in [-0.1, -0.05) is 80.7 Å². The number of carbonyl (C=O) groups is 3. The maximum absolute atomic E-state index is 14.7. The van der Waals surface area contributed by atoms with E-state index in [1.165, 1.54) is 6.42 Å². The third kappa shape index (κ3) is 9.85. The number of urea groups is 1. The molecule has 13 heteroatoms. The first-order valence-electron chi connectivity index (χ1n) is 24.6. The van der Waals surface area contributed by atoms with Gasteiger partial charge in [0.25, 0.3) is 0 Å². The van der Waals surface area contributed by atoms with Crippen molar-refractivity contribution in [3.8, 4) is 0 Å². The largest absolute Gasteiger partial charge is 0.481 e. The van der Waals surface area contributed by atoms with Gasteiger partial charge in [-0.15, -0.1) is 0 Å². The molecule has 1 saturated carbocycles. The van der Waals surface area contributed by atoms with Crippen molar-refractivity contribution in [1.29, 1.82) is 0 Å². The molecule has 5 aliphatic heterocycles. The molecule has 0 aromatic carbocycles. The number of aliphatic hydroxyl groups excluding tert-OH is 1. The van der Waals surface area contributed by atoms with Gasteiger partial charge in [0.2, 0.25) is 0 Å². The molecule has 62 heavy (non-hydrogen) atoms. The fourth-order valence-corrected chi connectivity index (χ4v) is 12.3. The maximum Gasteiger partial charge on any atom is 0.315 e. The summed E-state index contributed by atoms with van der Waals surface area (Å²) in [5, 5.41) is 39.4. The van der Waals surface area contributed by atoms with Crippen LogP contribution in [0.25, 0.3) is 0 Å². The molecule has 5 N–H and O–H groups in total. The number of carbonyl (C=O) groups excluding carboxylic acids is 2. The molecule has 2 amide bonds. The number of carboxylic acid groups (broad SMARTS) is 1. The van der Waals surface area contributed by atoms with Gasteiger partial charge >= 0.3 is 12.0 Å². The highest BCUT2D eigenvalue weighted by Gasteiger charge is 2.63. The Bertz CT molecular complexity index is 1590. The lowest BCUT2D eigenvalue weighted by atomic mass is 9.72. The van der Waals surface area contributed by atoms with Crippen LogP contribution >= 0.6 is 0 Å². The minimum Gasteiger partial charge on any atom is -0.481 e. The smallest absolute Gasteiger partial charge is 0.315 e. The first-order valence-corrected chi connectivity index (χ1v) is 24.6. The molecule has 5 heterocycles. The van der Waals surface area contributed by atoms with Crippen molar-refractivity contribution < 1.29 is 53.4 Å². The van der Waals surface area contributed by atoms with Crippen molar-refractivity contribution in [2.24, 2.45) is 41.4 Å². The average Bonchev–Trinajstić information content (AvgIpc) is 3.59. The second-order valence-corrected chi connectivity index (χ2v) is 20.9. The first-order chi connectivity index (χ1) is 29.3. The second kappa shape index (κ2) is 19.8. The van der Waals surface area contributed by atoms with Crippen molar-refractivity contribution in [2.45, 2.75) is 237 Å². The normalized spacial score (nSPS) is 42.8. The molecule has 6 rings (SSSR count). The third-order valence-corrected chi connectivity index (χ3v) is 16.7. The van der Waals surface area contributed by atoms with Crippen LogP contribution < -0.4 is 10.6 Å². The van der Waals surface area contributed by atoms with Gasteiger partial charge < -0.3 is 49.6 Å². The predicted molar refractivity (Wildman–Crippen MR) is 235 cm³/mol. The highest BCUT2D eigenvalue weighted by Crippen LogP contribution is 2.54. The minimum absolute atomic E-state index is 0.00924. The van der Waals surface area contributed by atoms with Crippen LogP contribution in [-0.4, -0.2) is 105 Å². The van der Waals surface area contributed by atoms with Gasteiger partial charge in [0.15, 0.2) is 11.6 Å². The number of nitrogens with one attached hydrogen (secondary N) is 2. The van der Waals surface area contributed by atoms with E-state index in [4.69, 9.17) is 23.7 Å². The molecule has 0 aromatic rings. The number of ketones is 1. The van der Waals surface area contributed by atoms with E-state index in [2.05, 4.69) is 31.4 Å². The van der Waals surface area contributed by atoms with Crippen molar-refractivity contribution in [1.82, 2.24) is 10.6 Å². The summed E-state index contributed by atoms with van der Waals surface area (Å²) >= 11 is 0. The van der Waals surface area contributed by atoms with E-state index in [1.54, 1.807) is 6.92 Å². The molecule has 4 saturated heterocycles. The number of amides is 2. The lowest BCUT2D eigenvalue weighted by Crippen LogP contribution is -2.66. The molecular weight excluding hydrogens is 793 g/mol. The van der Waals surface area contributed by atoms with Gasteiger partial charge in [-0.05, 0) is 102 Å². The number of hydrogen-bond donors (Lipinski definition) is 5. The van der Waals surface area contributed by atoms with E-state index in [-0.39, 0.29) is 53.9 Å². The lowest BCUT2D eigenvalue weighted by molar-refractivity contribution is -0.397. The summed E-state index contributed by atoms with van der Waals surface area (Å²) in [6, 6.07) is -0.801. The van der Waals surface area contributed by atoms with Crippen molar-refractivity contribution in [2.75, 3.05) is 0 Å². The fourth-order valence-electron chi connectivity index (χ4n) is 12.3. The molecule has 18 atom stereocenters. The zero-order chi connectivity index (χ0) is 45.4. The average molecular weight is 875 g/mol. The Morgan fingerprint density at radius 2 is 1.52 bits per heavy atom. The number of Topliss-reactive ketones (excluding diaryl/α,β-unsaturated/α-hetero) is 1. The van der Waals surface area contributed by atoms with E-state index in [9.17, 15) is 29.7 Å². The summed E-state index contributed by atoms with van der Waals surface area (Å²) in [6.07, 6.45) is 12.0. The lowest BCUT2D eigenvalue weighted by Gasteiger charge is -2.55. The Balaban J connectivity index is 1.23. The number of aliphatic hydroxyl groups is 2. The molecule has 0 aromatic heterocycles. The molecule has 0 radical (unpaired) electrons. The molecule has 6 aliphatic rings. The summed E-state index contributed by atoms with van der Waals surface area (Å²) in [7, 11) is 0. The molecule has 1 aliphatic carbocycles. The van der Waals surface area contributed by atoms with Gasteiger partial charge in [-0.3, -0.25) is 9.59 Å². The molecule has 354 valence electrons. The number of aliphatic carboxylic acids is 1. The van der Waals surface area contributed by atoms with Crippen LogP contribution in [-0.2, 0) is 33.3 Å². The van der Waals surface area contributed by atoms with Crippen LogP contribution in [0.3, 0.4) is 0 Å². The Kier molecular flexibility index (Phi) is 15.7. The minimum atomic E-state index is -1.31. The molecule has 2 spiro atoms. The Hall–Kier alpha value is -2.13. The van der Waals surface area contributed by atoms with E-state index in [0.29, 0.717) is 57.8 Å². The topological polar surface area (TPSA) is 182 Å². The first kappa shape index (κ1) is 49.3. The van der Waals surface area contributed by atoms with Crippen LogP contribution in [0.15, 0.2) is 12.2 Å². The Morgan fingerprint density at radius 1 is 0.823 bits per heavy atom. The summed E-state index contributed by atoms with van der Waals surface area (Å²) < 4.78 is 34.7. The van der Waals surface area contributed by atoms with Crippen LogP contribution in [0.5, 0.6) is 0 Å². The standard InChI is InChI=1S/C49H82N2O11/c1-11-35(44(54)55)37-20-19-28(4)42(59-37)32(8)40(52)31(7)41(53)36(12-2)43-29(5)27-30(6)48(60-43)24-21-38(51-45(56)50-34-17-15-14-16-18-34)49(62-48)26-25-46(10,61-49)39-22-23-47(57,13-3)33(9)58-39/h21,24,28-40,42-43,52,57H,11-20,22-23,25-27H2,1-10H3,(H,54,55)(H2,50,51,56)/t28-,29-,30+,31-,32-,33-,35+,36-,37+,38+,39+,40+,42+,43-,46-,47+,48-,49-/m0/s1. The summed E-state index contributed by atoms with van der Waals surface area (Å²) in [5.74, 6) is -5.88. The van der Waals surface area contributed by atoms with Crippen LogP contribution in [0, 0.1) is 41.4 Å². The Morgan fingerprint density at radius 3 is 2.15 bits per heavy atom. The van der Waals surface area contributed by atoms with E-state index in [1.807, 2.05) is 53.7 Å². The fraction of sp³-hybridized carbons (Fsp3) is 0.898. The SMILES string of the molecule is CC[C@@H](C(=O)[C@@H](C)[C@@H](O)[C@H](C)[C@@H]1O[C@@H]([C@@H](CC)C(=O)O)CC[C@@H]1C)[C@H]1O[C@]2(C=C[C@@H](NC(=O)NC3CCCCC3)[C@]3(CC[C@@](C)([C@H]4CC[C@](O)(CC)[C@H](C)O4)O3)O2)[C@H](C)C[C@@H]1C. The zero-order valence-electron chi connectivity index (χ0n) is 39.5. The molecule has 0 bridgehead atoms. The van der Waals surface area contributed by atoms with E-state index in [0.717, 1.165) is 32.1 Å². The van der Waals surface area contributed by atoms with Crippen molar-refractivity contribution >= 4 is 17.8 Å². The number of rotatable bonds is 14. The van der Waals surface area contributed by atoms with Gasteiger partial charge in [-0.2, -0.15) is 0 Å². The van der Waals surface area contributed by atoms with Gasteiger partial charge in [-0.25, -0.2) is 4.79 Å². The highest BCUT2D eigenvalue weighted by atomic mass is 16.8. The van der Waals surface area contributed by atoms with Crippen LogP contribution in [0.1, 0.15) is 166 Å². The quantitative estimate of drug-likeness (QED) is 0.107. The van der Waals surface area contributed by atoms with Gasteiger partial charge in [0.1, 0.15) is 11.8 Å². The Labute approximate surface area is 371 Å². The molecular formula is C49H82N2O11. The highest BCUT2D eigenvalue weighted by molar-refractivity contribution is 5.84. The van der Waals surface area contributed by atoms with Gasteiger partial charge in [0, 0.05) is 36.1 Å². The monoisotopic (exact) mass is 875 g/mol. The molecule has 0 unspecified atom stereocenters. The predicted octanol–water partition coefficient (Wildman–Crippen LogP) is 7.83. The number of hydrogen-bond acceptors (Lipinski definition) is 10.